The highest BCUT2D eigenvalue weighted by Gasteiger charge is 2.55. The number of aromatic carboxylic acids is 1. The first-order valence-electron chi connectivity index (χ1n) is 15.9. The number of benzene rings is 2. The van der Waals surface area contributed by atoms with Crippen molar-refractivity contribution in [3.63, 3.8) is 0 Å². The van der Waals surface area contributed by atoms with Gasteiger partial charge in [-0.1, -0.05) is 56.9 Å². The third kappa shape index (κ3) is 7.04. The molecule has 2 aromatic carbocycles. The normalized spacial score (nSPS) is 21.9. The Balaban J connectivity index is 1.20. The molecule has 3 N–H and O–H groups in total. The number of piperazine rings is 1. The van der Waals surface area contributed by atoms with E-state index in [1.807, 2.05) is 23.1 Å². The largest absolute Gasteiger partial charge is 0.489 e. The van der Waals surface area contributed by atoms with Crippen LogP contribution in [0.2, 0.25) is 0 Å². The Bertz CT molecular complexity index is 1270. The van der Waals surface area contributed by atoms with Gasteiger partial charge in [-0.3, -0.25) is 14.5 Å². The number of nitrogens with one attached hydrogen (secondary N) is 1. The van der Waals surface area contributed by atoms with Crippen molar-refractivity contribution in [1.82, 2.24) is 15.1 Å². The SMILES string of the molecule is CCCCN1C(=O)[C@@H]([C@H](O)C2CCCCC2)NC(=O)C12CCN(Cc1cccc(OCc3ccc(C(=O)O)cc3)c1)CC2. The van der Waals surface area contributed by atoms with Crippen molar-refractivity contribution in [2.24, 2.45) is 5.92 Å². The quantitative estimate of drug-likeness (QED) is 0.355. The first-order chi connectivity index (χ1) is 20.8. The number of piperidine rings is 1. The minimum absolute atomic E-state index is 0.0594. The monoisotopic (exact) mass is 591 g/mol. The zero-order valence-electron chi connectivity index (χ0n) is 25.2. The van der Waals surface area contributed by atoms with E-state index < -0.39 is 23.7 Å². The Labute approximate surface area is 254 Å². The summed E-state index contributed by atoms with van der Waals surface area (Å²) in [6.45, 7) is 5.03. The third-order valence-corrected chi connectivity index (χ3v) is 9.56. The number of carboxylic acid groups (broad SMARTS) is 1. The molecule has 3 fully saturated rings. The number of hydrogen-bond acceptors (Lipinski definition) is 6. The highest BCUT2D eigenvalue weighted by atomic mass is 16.5. The maximum absolute atomic E-state index is 13.9. The zero-order chi connectivity index (χ0) is 30.4. The molecule has 1 aliphatic carbocycles. The molecule has 2 heterocycles. The van der Waals surface area contributed by atoms with Gasteiger partial charge in [0.2, 0.25) is 11.8 Å². The van der Waals surface area contributed by atoms with Crippen LogP contribution in [0.15, 0.2) is 48.5 Å². The summed E-state index contributed by atoms with van der Waals surface area (Å²) in [5.41, 5.74) is 1.36. The van der Waals surface area contributed by atoms with Crippen LogP contribution in [0.3, 0.4) is 0 Å². The average molecular weight is 592 g/mol. The molecule has 9 nitrogen and oxygen atoms in total. The van der Waals surface area contributed by atoms with Crippen LogP contribution >= 0.6 is 0 Å². The lowest BCUT2D eigenvalue weighted by Gasteiger charge is -2.52. The molecule has 5 rings (SSSR count). The third-order valence-electron chi connectivity index (χ3n) is 9.56. The van der Waals surface area contributed by atoms with Gasteiger partial charge >= 0.3 is 5.97 Å². The summed E-state index contributed by atoms with van der Waals surface area (Å²) in [5.74, 6) is -0.398. The van der Waals surface area contributed by atoms with E-state index in [4.69, 9.17) is 9.84 Å². The van der Waals surface area contributed by atoms with E-state index >= 15 is 0 Å². The second kappa shape index (κ2) is 13.9. The number of carbonyl (C=O) groups is 3. The van der Waals surface area contributed by atoms with Crippen molar-refractivity contribution < 1.29 is 29.3 Å². The van der Waals surface area contributed by atoms with Crippen molar-refractivity contribution in [3.05, 3.63) is 65.2 Å². The Morgan fingerprint density at radius 2 is 1.77 bits per heavy atom. The number of amides is 2. The van der Waals surface area contributed by atoms with Crippen LogP contribution in [-0.2, 0) is 22.7 Å². The molecule has 0 unspecified atom stereocenters. The number of aliphatic hydroxyl groups is 1. The number of nitrogens with zero attached hydrogens (tertiary/aromatic N) is 2. The summed E-state index contributed by atoms with van der Waals surface area (Å²) in [6.07, 6.45) is 7.13. The molecular weight excluding hydrogens is 546 g/mol. The molecule has 0 aromatic heterocycles. The number of carboxylic acids is 1. The first kappa shape index (κ1) is 31.0. The number of ether oxygens (including phenoxy) is 1. The average Bonchev–Trinajstić information content (AvgIpc) is 3.03. The summed E-state index contributed by atoms with van der Waals surface area (Å²) in [7, 11) is 0. The smallest absolute Gasteiger partial charge is 0.335 e. The summed E-state index contributed by atoms with van der Waals surface area (Å²) in [4.78, 5) is 42.8. The predicted octanol–water partition coefficient (Wildman–Crippen LogP) is 4.37. The van der Waals surface area contributed by atoms with E-state index in [1.54, 1.807) is 24.3 Å². The Morgan fingerprint density at radius 3 is 2.44 bits per heavy atom. The van der Waals surface area contributed by atoms with Crippen LogP contribution < -0.4 is 10.1 Å². The topological polar surface area (TPSA) is 119 Å². The maximum atomic E-state index is 13.9. The van der Waals surface area contributed by atoms with Crippen LogP contribution in [0, 0.1) is 5.92 Å². The van der Waals surface area contributed by atoms with Gasteiger partial charge in [-0.15, -0.1) is 0 Å². The number of carbonyl (C=O) groups excluding carboxylic acids is 2. The molecule has 2 aromatic rings. The molecule has 232 valence electrons. The molecule has 0 radical (unpaired) electrons. The number of rotatable bonds is 11. The van der Waals surface area contributed by atoms with Crippen LogP contribution in [0.1, 0.15) is 86.2 Å². The number of unbranched alkanes of at least 4 members (excludes halogenated alkanes) is 1. The van der Waals surface area contributed by atoms with Gasteiger partial charge in [-0.2, -0.15) is 0 Å². The molecule has 2 saturated heterocycles. The molecule has 0 bridgehead atoms. The summed E-state index contributed by atoms with van der Waals surface area (Å²) >= 11 is 0. The van der Waals surface area contributed by atoms with E-state index in [0.29, 0.717) is 45.6 Å². The van der Waals surface area contributed by atoms with E-state index in [2.05, 4.69) is 23.2 Å². The van der Waals surface area contributed by atoms with Gasteiger partial charge in [0.1, 0.15) is 23.9 Å². The molecule has 2 amide bonds. The fourth-order valence-electron chi connectivity index (χ4n) is 6.94. The minimum atomic E-state index is -0.953. The number of likely N-dealkylation sites (tertiary alicyclic amines) is 1. The molecule has 9 heteroatoms. The Morgan fingerprint density at radius 1 is 1.05 bits per heavy atom. The van der Waals surface area contributed by atoms with Crippen LogP contribution in [0.4, 0.5) is 0 Å². The van der Waals surface area contributed by atoms with Gasteiger partial charge in [0.25, 0.3) is 0 Å². The first-order valence-corrected chi connectivity index (χ1v) is 15.9. The van der Waals surface area contributed by atoms with Crippen molar-refractivity contribution in [1.29, 1.82) is 0 Å². The zero-order valence-corrected chi connectivity index (χ0v) is 25.2. The summed E-state index contributed by atoms with van der Waals surface area (Å²) in [5, 5.41) is 23.3. The second-order valence-corrected chi connectivity index (χ2v) is 12.4. The fraction of sp³-hybridized carbons (Fsp3) is 0.559. The molecule has 2 atom stereocenters. The van der Waals surface area contributed by atoms with Gasteiger partial charge in [-0.05, 0) is 73.4 Å². The van der Waals surface area contributed by atoms with Crippen molar-refractivity contribution >= 4 is 17.8 Å². The summed E-state index contributed by atoms with van der Waals surface area (Å²) < 4.78 is 5.98. The molecule has 1 saturated carbocycles. The van der Waals surface area contributed by atoms with Crippen molar-refractivity contribution in [2.75, 3.05) is 19.6 Å². The van der Waals surface area contributed by atoms with Gasteiger partial charge in [0.15, 0.2) is 0 Å². The van der Waals surface area contributed by atoms with Crippen LogP contribution in [0.25, 0.3) is 0 Å². The maximum Gasteiger partial charge on any atom is 0.335 e. The molecule has 3 aliphatic rings. The minimum Gasteiger partial charge on any atom is -0.489 e. The summed E-state index contributed by atoms with van der Waals surface area (Å²) in [6, 6.07) is 13.7. The molecule has 2 aliphatic heterocycles. The van der Waals surface area contributed by atoms with Crippen molar-refractivity contribution in [2.45, 2.75) is 95.5 Å². The predicted molar refractivity (Wildman–Crippen MR) is 163 cm³/mol. The van der Waals surface area contributed by atoms with E-state index in [1.165, 1.54) is 0 Å². The lowest BCUT2D eigenvalue weighted by molar-refractivity contribution is -0.166. The van der Waals surface area contributed by atoms with Gasteiger partial charge in [0.05, 0.1) is 11.7 Å². The molecular formula is C34H45N3O6. The fourth-order valence-corrected chi connectivity index (χ4v) is 6.94. The number of hydrogen-bond donors (Lipinski definition) is 3. The molecule has 1 spiro atoms. The highest BCUT2D eigenvalue weighted by Crippen LogP contribution is 2.36. The van der Waals surface area contributed by atoms with Gasteiger partial charge in [-0.25, -0.2) is 4.79 Å². The van der Waals surface area contributed by atoms with Gasteiger partial charge in [0, 0.05) is 26.2 Å². The number of aliphatic hydroxyl groups excluding tert-OH is 1. The molecule has 43 heavy (non-hydrogen) atoms. The van der Waals surface area contributed by atoms with Gasteiger partial charge < -0.3 is 25.2 Å². The van der Waals surface area contributed by atoms with Crippen molar-refractivity contribution in [3.8, 4) is 5.75 Å². The van der Waals surface area contributed by atoms with E-state index in [-0.39, 0.29) is 23.3 Å². The van der Waals surface area contributed by atoms with Crippen LogP contribution in [-0.4, -0.2) is 75.1 Å². The lowest BCUT2D eigenvalue weighted by Crippen LogP contribution is -2.75. The Kier molecular flexibility index (Phi) is 10.0. The Hall–Kier alpha value is -3.43. The highest BCUT2D eigenvalue weighted by molar-refractivity contribution is 6.00. The van der Waals surface area contributed by atoms with E-state index in [9.17, 15) is 19.5 Å². The van der Waals surface area contributed by atoms with E-state index in [0.717, 1.165) is 61.8 Å². The van der Waals surface area contributed by atoms with Crippen LogP contribution in [0.5, 0.6) is 5.75 Å². The second-order valence-electron chi connectivity index (χ2n) is 12.4. The standard InChI is InChI=1S/C34H45N3O6/c1-2-3-18-37-31(39)29(30(38)26-9-5-4-6-10-26)35-33(42)34(37)16-19-36(20-17-34)22-25-8-7-11-28(21-25)43-23-24-12-14-27(15-13-24)32(40)41/h7-8,11-15,21,26,29-30,38H,2-6,9-10,16-20,22-23H2,1H3,(H,35,42)(H,40,41)/t29-,30-/m1/s1. The lowest BCUT2D eigenvalue weighted by atomic mass is 9.78.